The second kappa shape index (κ2) is 8.41. The van der Waals surface area contributed by atoms with Crippen molar-refractivity contribution in [1.29, 1.82) is 0 Å². The highest BCUT2D eigenvalue weighted by atomic mass is 35.5. The lowest BCUT2D eigenvalue weighted by Gasteiger charge is -2.15. The maximum atomic E-state index is 12.8. The van der Waals surface area contributed by atoms with Crippen LogP contribution in [0, 0.1) is 6.92 Å². The van der Waals surface area contributed by atoms with Gasteiger partial charge in [0.2, 0.25) is 0 Å². The number of aromatic nitrogens is 1. The molecule has 0 aliphatic heterocycles. The number of sulfonamides is 1. The molecular formula is C16H15ClF4N2O3S. The van der Waals surface area contributed by atoms with Gasteiger partial charge in [-0.15, -0.1) is 0 Å². The van der Waals surface area contributed by atoms with Crippen LogP contribution in [0.1, 0.15) is 11.1 Å². The molecule has 0 fully saturated rings. The Morgan fingerprint density at radius 1 is 1.30 bits per heavy atom. The van der Waals surface area contributed by atoms with Crippen LogP contribution in [-0.2, 0) is 21.4 Å². The van der Waals surface area contributed by atoms with Gasteiger partial charge in [-0.05, 0) is 36.2 Å². The van der Waals surface area contributed by atoms with E-state index in [1.54, 1.807) is 6.92 Å². The Morgan fingerprint density at radius 2 is 2.00 bits per heavy atom. The molecule has 0 spiro atoms. The summed E-state index contributed by atoms with van der Waals surface area (Å²) in [6.45, 7) is -0.239. The van der Waals surface area contributed by atoms with Crippen molar-refractivity contribution in [1.82, 2.24) is 4.98 Å². The van der Waals surface area contributed by atoms with E-state index >= 15 is 0 Å². The van der Waals surface area contributed by atoms with Crippen LogP contribution in [0.3, 0.4) is 0 Å². The molecule has 148 valence electrons. The number of rotatable bonds is 8. The number of halogens is 5. The number of nitrogens with zero attached hydrogens (tertiary/aromatic N) is 1. The van der Waals surface area contributed by atoms with Crippen molar-refractivity contribution in [3.05, 3.63) is 52.8 Å². The Bertz CT molecular complexity index is 910. The van der Waals surface area contributed by atoms with Crippen LogP contribution in [0.15, 0.2) is 41.4 Å². The average molecular weight is 427 g/mol. The summed E-state index contributed by atoms with van der Waals surface area (Å²) in [6, 6.07) is 7.07. The Morgan fingerprint density at radius 3 is 2.63 bits per heavy atom. The highest BCUT2D eigenvalue weighted by molar-refractivity contribution is 7.92. The molecule has 2 rings (SSSR count). The van der Waals surface area contributed by atoms with Crippen molar-refractivity contribution in [2.24, 2.45) is 0 Å². The molecule has 5 nitrogen and oxygen atoms in total. The molecule has 1 aromatic heterocycles. The summed E-state index contributed by atoms with van der Waals surface area (Å²) in [5.41, 5.74) is 0.941. The number of ether oxygens (including phenoxy) is 1. The summed E-state index contributed by atoms with van der Waals surface area (Å²) >= 11 is 5.77. The van der Waals surface area contributed by atoms with E-state index in [0.29, 0.717) is 11.1 Å². The zero-order valence-electron chi connectivity index (χ0n) is 13.9. The van der Waals surface area contributed by atoms with Gasteiger partial charge in [0, 0.05) is 11.9 Å². The smallest absolute Gasteiger partial charge is 0.330 e. The van der Waals surface area contributed by atoms with Crippen molar-refractivity contribution in [2.45, 2.75) is 30.8 Å². The quantitative estimate of drug-likeness (QED) is 0.506. The van der Waals surface area contributed by atoms with Crippen molar-refractivity contribution in [3.63, 3.8) is 0 Å². The average Bonchev–Trinajstić information content (AvgIpc) is 2.57. The van der Waals surface area contributed by atoms with E-state index in [-0.39, 0.29) is 22.3 Å². The third kappa shape index (κ3) is 5.78. The molecule has 1 N–H and O–H groups in total. The number of aryl methyl sites for hydroxylation is 1. The topological polar surface area (TPSA) is 68.3 Å². The molecule has 0 saturated carbocycles. The number of alkyl halides is 4. The van der Waals surface area contributed by atoms with Crippen LogP contribution in [0.5, 0.6) is 0 Å². The Kier molecular flexibility index (Phi) is 6.66. The predicted octanol–water partition coefficient (Wildman–Crippen LogP) is 4.26. The van der Waals surface area contributed by atoms with Gasteiger partial charge in [-0.25, -0.2) is 22.2 Å². The molecule has 2 aromatic rings. The zero-order valence-corrected chi connectivity index (χ0v) is 15.5. The Balaban J connectivity index is 2.07. The standard InChI is InChI=1S/C16H15ClF4N2O3S/c1-10-5-13(7-22-14(10)17)27(24,25)23-12-4-2-3-11(6-12)8-26-9-16(20,21)15(18)19/h2-7,15,23H,8-9H2,1H3. The minimum atomic E-state index is -4.25. The highest BCUT2D eigenvalue weighted by Crippen LogP contribution is 2.24. The predicted molar refractivity (Wildman–Crippen MR) is 91.8 cm³/mol. The largest absolute Gasteiger partial charge is 0.370 e. The second-order valence-corrected chi connectivity index (χ2v) is 7.68. The first-order chi connectivity index (χ1) is 12.5. The maximum Gasteiger partial charge on any atom is 0.330 e. The number of pyridine rings is 1. The number of hydrogen-bond acceptors (Lipinski definition) is 4. The lowest BCUT2D eigenvalue weighted by Crippen LogP contribution is -2.32. The fourth-order valence-corrected chi connectivity index (χ4v) is 3.17. The van der Waals surface area contributed by atoms with Gasteiger partial charge in [-0.3, -0.25) is 4.72 Å². The first-order valence-electron chi connectivity index (χ1n) is 7.49. The van der Waals surface area contributed by atoms with E-state index in [1.165, 1.54) is 30.3 Å². The van der Waals surface area contributed by atoms with E-state index in [2.05, 4.69) is 14.4 Å². The van der Waals surface area contributed by atoms with Crippen LogP contribution in [0.2, 0.25) is 5.15 Å². The molecule has 1 aromatic carbocycles. The van der Waals surface area contributed by atoms with Crippen LogP contribution >= 0.6 is 11.6 Å². The van der Waals surface area contributed by atoms with E-state index in [9.17, 15) is 26.0 Å². The molecule has 0 atom stereocenters. The van der Waals surface area contributed by atoms with Crippen molar-refractivity contribution < 1.29 is 30.7 Å². The SMILES string of the molecule is Cc1cc(S(=O)(=O)Nc2cccc(COCC(F)(F)C(F)F)c2)cnc1Cl. The lowest BCUT2D eigenvalue weighted by molar-refractivity contribution is -0.168. The van der Waals surface area contributed by atoms with E-state index < -0.39 is 29.0 Å². The van der Waals surface area contributed by atoms with Crippen molar-refractivity contribution in [3.8, 4) is 0 Å². The first kappa shape index (κ1) is 21.4. The van der Waals surface area contributed by atoms with Gasteiger partial charge in [-0.2, -0.15) is 8.78 Å². The van der Waals surface area contributed by atoms with Gasteiger partial charge in [0.25, 0.3) is 10.0 Å². The summed E-state index contributed by atoms with van der Waals surface area (Å²) in [7, 11) is -3.96. The molecule has 0 aliphatic carbocycles. The van der Waals surface area contributed by atoms with Gasteiger partial charge >= 0.3 is 12.3 Å². The Hall–Kier alpha value is -1.91. The van der Waals surface area contributed by atoms with Crippen LogP contribution in [-0.4, -0.2) is 32.4 Å². The molecule has 1 heterocycles. The maximum absolute atomic E-state index is 12.8. The monoisotopic (exact) mass is 426 g/mol. The Labute approximate surface area is 158 Å². The van der Waals surface area contributed by atoms with Crippen molar-refractivity contribution in [2.75, 3.05) is 11.3 Å². The number of hydrogen-bond donors (Lipinski definition) is 1. The first-order valence-corrected chi connectivity index (χ1v) is 9.35. The van der Waals surface area contributed by atoms with Gasteiger partial charge in [0.1, 0.15) is 16.7 Å². The number of nitrogens with one attached hydrogen (secondary N) is 1. The van der Waals surface area contributed by atoms with Gasteiger partial charge in [0.05, 0.1) is 6.61 Å². The van der Waals surface area contributed by atoms with E-state index in [4.69, 9.17) is 11.6 Å². The molecule has 0 amide bonds. The van der Waals surface area contributed by atoms with Crippen LogP contribution in [0.4, 0.5) is 23.2 Å². The van der Waals surface area contributed by atoms with Crippen LogP contribution in [0.25, 0.3) is 0 Å². The summed E-state index contributed by atoms with van der Waals surface area (Å²) in [5, 5.41) is 0.175. The summed E-state index contributed by atoms with van der Waals surface area (Å²) in [6.07, 6.45) is -2.73. The minimum Gasteiger partial charge on any atom is -0.370 e. The van der Waals surface area contributed by atoms with E-state index in [1.807, 2.05) is 0 Å². The molecule has 0 bridgehead atoms. The molecule has 0 radical (unpaired) electrons. The summed E-state index contributed by atoms with van der Waals surface area (Å²) in [5.74, 6) is -4.25. The van der Waals surface area contributed by atoms with Crippen molar-refractivity contribution >= 4 is 27.3 Å². The zero-order chi connectivity index (χ0) is 20.2. The van der Waals surface area contributed by atoms with Gasteiger partial charge < -0.3 is 4.74 Å². The molecule has 27 heavy (non-hydrogen) atoms. The molecule has 0 saturated heterocycles. The fourth-order valence-electron chi connectivity index (χ4n) is 1.99. The van der Waals surface area contributed by atoms with Gasteiger partial charge in [-0.1, -0.05) is 23.7 Å². The molecule has 0 aliphatic rings. The van der Waals surface area contributed by atoms with E-state index in [0.717, 1.165) is 6.20 Å². The fraction of sp³-hybridized carbons (Fsp3) is 0.312. The third-order valence-corrected chi connectivity index (χ3v) is 5.11. The third-order valence-electron chi connectivity index (χ3n) is 3.36. The number of anilines is 1. The molecule has 0 unspecified atom stereocenters. The summed E-state index contributed by atoms with van der Waals surface area (Å²) in [4.78, 5) is 3.67. The molecular weight excluding hydrogens is 412 g/mol. The normalized spacial score (nSPS) is 12.4. The van der Waals surface area contributed by atoms with Crippen LogP contribution < -0.4 is 4.72 Å². The summed E-state index contributed by atoms with van der Waals surface area (Å²) < 4.78 is 81.5. The highest BCUT2D eigenvalue weighted by Gasteiger charge is 2.40. The molecule has 11 heteroatoms. The number of benzene rings is 1. The van der Waals surface area contributed by atoms with Gasteiger partial charge in [0.15, 0.2) is 0 Å². The minimum absolute atomic E-state index is 0.109. The lowest BCUT2D eigenvalue weighted by atomic mass is 10.2. The second-order valence-electron chi connectivity index (χ2n) is 5.64.